The third-order valence-electron chi connectivity index (χ3n) is 8.97. The molecule has 2 heterocycles. The third-order valence-corrected chi connectivity index (χ3v) is 8.97. The summed E-state index contributed by atoms with van der Waals surface area (Å²) in [6, 6.07) is 13.1. The van der Waals surface area contributed by atoms with Gasteiger partial charge in [-0.3, -0.25) is 24.2 Å². The summed E-state index contributed by atoms with van der Waals surface area (Å²) in [6.45, 7) is 7.27. The summed E-state index contributed by atoms with van der Waals surface area (Å²) in [7, 11) is 0. The molecule has 2 aromatic rings. The van der Waals surface area contributed by atoms with Crippen LogP contribution in [0.15, 0.2) is 36.4 Å². The van der Waals surface area contributed by atoms with E-state index in [1.54, 1.807) is 0 Å². The van der Waals surface area contributed by atoms with E-state index >= 15 is 0 Å². The van der Waals surface area contributed by atoms with Crippen LogP contribution in [0.2, 0.25) is 0 Å². The van der Waals surface area contributed by atoms with Gasteiger partial charge in [0.15, 0.2) is 0 Å². The molecule has 1 atom stereocenters. The van der Waals surface area contributed by atoms with Gasteiger partial charge in [0, 0.05) is 38.4 Å². The second-order valence-electron chi connectivity index (χ2n) is 11.8. The fraction of sp³-hybridized carbons (Fsp3) is 0.545. The number of aliphatic carboxylic acids is 1. The molecular formula is C33H42N2O6. The zero-order valence-electron chi connectivity index (χ0n) is 24.3. The lowest BCUT2D eigenvalue weighted by Gasteiger charge is -2.37. The fourth-order valence-corrected chi connectivity index (χ4v) is 6.67. The van der Waals surface area contributed by atoms with Gasteiger partial charge in [-0.2, -0.15) is 0 Å². The molecule has 2 fully saturated rings. The van der Waals surface area contributed by atoms with Crippen molar-refractivity contribution >= 4 is 17.8 Å². The normalized spacial score (nSPS) is 21.2. The van der Waals surface area contributed by atoms with Crippen LogP contribution in [0.4, 0.5) is 0 Å². The highest BCUT2D eigenvalue weighted by Crippen LogP contribution is 2.36. The molecule has 8 nitrogen and oxygen atoms in total. The molecule has 1 aliphatic carbocycles. The second-order valence-corrected chi connectivity index (χ2v) is 11.8. The smallest absolute Gasteiger partial charge is 0.306 e. The van der Waals surface area contributed by atoms with Gasteiger partial charge in [0.1, 0.15) is 18.1 Å². The van der Waals surface area contributed by atoms with Crippen molar-refractivity contribution in [3.63, 3.8) is 0 Å². The van der Waals surface area contributed by atoms with E-state index in [9.17, 15) is 19.5 Å². The molecule has 5 rings (SSSR count). The van der Waals surface area contributed by atoms with Crippen LogP contribution in [0.3, 0.4) is 0 Å². The number of rotatable bonds is 12. The number of aryl methyl sites for hydroxylation is 1. The van der Waals surface area contributed by atoms with Crippen LogP contribution in [0, 0.1) is 18.8 Å². The maximum atomic E-state index is 11.9. The van der Waals surface area contributed by atoms with Crippen molar-refractivity contribution in [2.24, 2.45) is 11.8 Å². The summed E-state index contributed by atoms with van der Waals surface area (Å²) in [4.78, 5) is 39.1. The molecule has 0 bridgehead atoms. The zero-order valence-corrected chi connectivity index (χ0v) is 24.3. The average molecular weight is 563 g/mol. The number of ether oxygens (including phenoxy) is 2. The van der Waals surface area contributed by atoms with Crippen LogP contribution in [0.25, 0.3) is 0 Å². The molecule has 1 saturated heterocycles. The van der Waals surface area contributed by atoms with Crippen molar-refractivity contribution in [1.29, 1.82) is 0 Å². The van der Waals surface area contributed by atoms with Gasteiger partial charge in [0.25, 0.3) is 0 Å². The van der Waals surface area contributed by atoms with Gasteiger partial charge in [-0.25, -0.2) is 0 Å². The van der Waals surface area contributed by atoms with Gasteiger partial charge in [-0.05, 0) is 79.3 Å². The minimum absolute atomic E-state index is 0.122. The molecule has 0 aromatic heterocycles. The summed E-state index contributed by atoms with van der Waals surface area (Å²) < 4.78 is 11.7. The van der Waals surface area contributed by atoms with Crippen LogP contribution >= 0.6 is 0 Å². The number of imide groups is 1. The standard InChI is InChI=1S/C33H42N2O6/c1-3-28(26-9-11-30-27(19-26)14-16-40-30)34(20-23-4-7-25(8-5-23)33(38)39)21-24-6-10-29(22(2)18-24)41-17-15-35-31(36)12-13-32(35)37/h6,9-11,18-19,23,25,28H,3-5,7-8,12-17,20-21H2,1-2H3,(H,38,39). The SMILES string of the molecule is CCC(c1ccc2c(c1)CCO2)N(Cc1ccc(OCCN2C(=O)CCC2=O)c(C)c1)CC1CCC(C(=O)O)CC1. The molecule has 0 spiro atoms. The Kier molecular flexibility index (Phi) is 9.28. The first-order chi connectivity index (χ1) is 19.8. The molecule has 1 unspecified atom stereocenters. The maximum Gasteiger partial charge on any atom is 0.306 e. The molecule has 1 N–H and O–H groups in total. The lowest BCUT2D eigenvalue weighted by atomic mass is 9.81. The van der Waals surface area contributed by atoms with Crippen molar-refractivity contribution in [3.05, 3.63) is 58.7 Å². The van der Waals surface area contributed by atoms with E-state index in [2.05, 4.69) is 42.2 Å². The molecule has 220 valence electrons. The summed E-state index contributed by atoms with van der Waals surface area (Å²) in [6.07, 6.45) is 5.88. The van der Waals surface area contributed by atoms with E-state index in [1.807, 2.05) is 13.0 Å². The highest BCUT2D eigenvalue weighted by atomic mass is 16.5. The number of carboxylic acids is 1. The van der Waals surface area contributed by atoms with Gasteiger partial charge in [-0.15, -0.1) is 0 Å². The average Bonchev–Trinajstić information content (AvgIpc) is 3.56. The molecular weight excluding hydrogens is 520 g/mol. The lowest BCUT2D eigenvalue weighted by Crippen LogP contribution is -2.35. The predicted octanol–water partition coefficient (Wildman–Crippen LogP) is 5.30. The maximum absolute atomic E-state index is 11.9. The molecule has 2 amide bonds. The van der Waals surface area contributed by atoms with Gasteiger partial charge in [-0.1, -0.05) is 31.2 Å². The number of hydrogen-bond donors (Lipinski definition) is 1. The van der Waals surface area contributed by atoms with Gasteiger partial charge >= 0.3 is 5.97 Å². The molecule has 8 heteroatoms. The summed E-state index contributed by atoms with van der Waals surface area (Å²) in [5, 5.41) is 9.47. The topological polar surface area (TPSA) is 96.4 Å². The molecule has 41 heavy (non-hydrogen) atoms. The number of carbonyl (C=O) groups excluding carboxylic acids is 2. The molecule has 1 saturated carbocycles. The number of nitrogens with zero attached hydrogens (tertiary/aromatic N) is 2. The molecule has 3 aliphatic rings. The Morgan fingerprint density at radius 3 is 2.51 bits per heavy atom. The fourth-order valence-electron chi connectivity index (χ4n) is 6.67. The zero-order chi connectivity index (χ0) is 28.9. The Hall–Kier alpha value is -3.39. The Labute approximate surface area is 242 Å². The van der Waals surface area contributed by atoms with Crippen LogP contribution in [0.5, 0.6) is 11.5 Å². The van der Waals surface area contributed by atoms with Crippen molar-refractivity contribution < 1.29 is 29.0 Å². The van der Waals surface area contributed by atoms with Gasteiger partial charge in [0.05, 0.1) is 19.1 Å². The highest BCUT2D eigenvalue weighted by molar-refractivity contribution is 6.01. The quantitative estimate of drug-likeness (QED) is 0.351. The highest BCUT2D eigenvalue weighted by Gasteiger charge is 2.30. The number of hydrogen-bond acceptors (Lipinski definition) is 6. The number of likely N-dealkylation sites (tertiary alicyclic amines) is 1. The van der Waals surface area contributed by atoms with Crippen LogP contribution in [-0.2, 0) is 27.3 Å². The van der Waals surface area contributed by atoms with Crippen molar-refractivity contribution in [2.45, 2.75) is 77.8 Å². The minimum atomic E-state index is -0.663. The molecule has 2 aliphatic heterocycles. The number of benzene rings is 2. The van der Waals surface area contributed by atoms with E-state index in [0.717, 1.165) is 75.3 Å². The van der Waals surface area contributed by atoms with Gasteiger partial charge in [0.2, 0.25) is 11.8 Å². The van der Waals surface area contributed by atoms with Crippen LogP contribution in [-0.4, -0.2) is 59.0 Å². The van der Waals surface area contributed by atoms with E-state index in [1.165, 1.54) is 21.6 Å². The first kappa shape index (κ1) is 29.1. The largest absolute Gasteiger partial charge is 0.493 e. The predicted molar refractivity (Wildman–Crippen MR) is 155 cm³/mol. The van der Waals surface area contributed by atoms with Crippen LogP contribution in [0.1, 0.15) is 80.2 Å². The van der Waals surface area contributed by atoms with E-state index in [4.69, 9.17) is 9.47 Å². The number of carbonyl (C=O) groups is 3. The Morgan fingerprint density at radius 1 is 1.07 bits per heavy atom. The van der Waals surface area contributed by atoms with Crippen molar-refractivity contribution in [2.75, 3.05) is 26.3 Å². The summed E-state index contributed by atoms with van der Waals surface area (Å²) in [5.74, 6) is 1.10. The number of amides is 2. The lowest BCUT2D eigenvalue weighted by molar-refractivity contribution is -0.143. The van der Waals surface area contributed by atoms with E-state index < -0.39 is 5.97 Å². The molecule has 0 radical (unpaired) electrons. The Bertz CT molecular complexity index is 1250. The second kappa shape index (κ2) is 13.1. The monoisotopic (exact) mass is 562 g/mol. The van der Waals surface area contributed by atoms with Crippen molar-refractivity contribution in [1.82, 2.24) is 9.80 Å². The van der Waals surface area contributed by atoms with Crippen LogP contribution < -0.4 is 9.47 Å². The first-order valence-corrected chi connectivity index (χ1v) is 15.1. The Balaban J connectivity index is 1.29. The summed E-state index contributed by atoms with van der Waals surface area (Å²) >= 11 is 0. The van der Waals surface area contributed by atoms with Crippen molar-refractivity contribution in [3.8, 4) is 11.5 Å². The van der Waals surface area contributed by atoms with E-state index in [-0.39, 0.29) is 36.9 Å². The van der Waals surface area contributed by atoms with Gasteiger partial charge < -0.3 is 14.6 Å². The minimum Gasteiger partial charge on any atom is -0.493 e. The number of fused-ring (bicyclic) bond motifs is 1. The Morgan fingerprint density at radius 2 is 1.83 bits per heavy atom. The molecule has 2 aromatic carbocycles. The third kappa shape index (κ3) is 6.92. The van der Waals surface area contributed by atoms with E-state index in [0.29, 0.717) is 18.8 Å². The first-order valence-electron chi connectivity index (χ1n) is 15.1. The number of carboxylic acid groups (broad SMARTS) is 1. The summed E-state index contributed by atoms with van der Waals surface area (Å²) in [5.41, 5.74) is 4.80.